The highest BCUT2D eigenvalue weighted by atomic mass is 16.3. The molecule has 0 fully saturated rings. The third kappa shape index (κ3) is 48.7. The van der Waals surface area contributed by atoms with Crippen molar-refractivity contribution in [1.29, 1.82) is 0 Å². The van der Waals surface area contributed by atoms with Gasteiger partial charge < -0.3 is 15.5 Å². The van der Waals surface area contributed by atoms with Crippen molar-refractivity contribution in [3.05, 3.63) is 72.9 Å². The summed E-state index contributed by atoms with van der Waals surface area (Å²) in [7, 11) is 0. The number of hydrogen-bond acceptors (Lipinski definition) is 3. The topological polar surface area (TPSA) is 69.6 Å². The van der Waals surface area contributed by atoms with Gasteiger partial charge in [0.25, 0.3) is 0 Å². The molecule has 0 aliphatic rings. The molecule has 0 aromatic carbocycles. The molecule has 4 nitrogen and oxygen atoms in total. The first-order chi connectivity index (χ1) is 30.2. The van der Waals surface area contributed by atoms with Gasteiger partial charge >= 0.3 is 0 Å². The second-order valence-electron chi connectivity index (χ2n) is 17.9. The lowest BCUT2D eigenvalue weighted by Gasteiger charge is -2.22. The molecule has 0 saturated carbocycles. The Balaban J connectivity index is 3.44. The summed E-state index contributed by atoms with van der Waals surface area (Å²) >= 11 is 0. The molecular formula is C57H103NO3. The average molecular weight is 850 g/mol. The Morgan fingerprint density at radius 1 is 0.410 bits per heavy atom. The Morgan fingerprint density at radius 3 is 1.08 bits per heavy atom. The van der Waals surface area contributed by atoms with Gasteiger partial charge in [-0.25, -0.2) is 0 Å². The zero-order valence-corrected chi connectivity index (χ0v) is 40.7. The van der Waals surface area contributed by atoms with E-state index in [-0.39, 0.29) is 12.5 Å². The molecule has 0 spiro atoms. The lowest BCUT2D eigenvalue weighted by atomic mass is 10.0. The van der Waals surface area contributed by atoms with Gasteiger partial charge in [0.1, 0.15) is 0 Å². The minimum absolute atomic E-state index is 0.0313. The van der Waals surface area contributed by atoms with E-state index in [0.29, 0.717) is 12.8 Å². The Kier molecular flexibility index (Phi) is 50.3. The van der Waals surface area contributed by atoms with Gasteiger partial charge in [0.2, 0.25) is 5.91 Å². The van der Waals surface area contributed by atoms with Crippen molar-refractivity contribution >= 4 is 5.91 Å². The number of aliphatic hydroxyl groups is 2. The number of aliphatic hydroxyl groups excluding tert-OH is 2. The summed E-state index contributed by atoms with van der Waals surface area (Å²) in [5, 5.41) is 23.2. The van der Waals surface area contributed by atoms with Crippen molar-refractivity contribution in [3.8, 4) is 0 Å². The van der Waals surface area contributed by atoms with E-state index in [1.807, 2.05) is 0 Å². The van der Waals surface area contributed by atoms with Gasteiger partial charge in [-0.2, -0.15) is 0 Å². The highest BCUT2D eigenvalue weighted by Gasteiger charge is 2.20. The smallest absolute Gasteiger partial charge is 0.220 e. The largest absolute Gasteiger partial charge is 0.394 e. The number of unbranched alkanes of at least 4 members (excludes halogenated alkanes) is 29. The van der Waals surface area contributed by atoms with Crippen LogP contribution in [0.5, 0.6) is 0 Å². The highest BCUT2D eigenvalue weighted by molar-refractivity contribution is 5.76. The van der Waals surface area contributed by atoms with Crippen LogP contribution < -0.4 is 5.32 Å². The van der Waals surface area contributed by atoms with Gasteiger partial charge in [-0.05, 0) is 64.2 Å². The zero-order valence-electron chi connectivity index (χ0n) is 40.7. The molecule has 4 heteroatoms. The number of amides is 1. The third-order valence-corrected chi connectivity index (χ3v) is 12.0. The van der Waals surface area contributed by atoms with Crippen LogP contribution >= 0.6 is 0 Å². The van der Waals surface area contributed by atoms with E-state index in [9.17, 15) is 15.0 Å². The summed E-state index contributed by atoms with van der Waals surface area (Å²) in [6.45, 7) is 4.24. The second-order valence-corrected chi connectivity index (χ2v) is 17.9. The number of allylic oxidation sites excluding steroid dienone is 12. The van der Waals surface area contributed by atoms with Crippen molar-refractivity contribution in [2.75, 3.05) is 6.61 Å². The average Bonchev–Trinajstić information content (AvgIpc) is 3.26. The Bertz CT molecular complexity index is 1050. The van der Waals surface area contributed by atoms with E-state index < -0.39 is 12.1 Å². The molecule has 0 aromatic rings. The van der Waals surface area contributed by atoms with E-state index in [1.165, 1.54) is 173 Å². The molecular weight excluding hydrogens is 747 g/mol. The van der Waals surface area contributed by atoms with Crippen LogP contribution in [0, 0.1) is 0 Å². The highest BCUT2D eigenvalue weighted by Crippen LogP contribution is 2.17. The predicted molar refractivity (Wildman–Crippen MR) is 271 cm³/mol. The van der Waals surface area contributed by atoms with Crippen LogP contribution in [-0.2, 0) is 4.79 Å². The van der Waals surface area contributed by atoms with Crippen LogP contribution in [0.4, 0.5) is 0 Å². The van der Waals surface area contributed by atoms with E-state index >= 15 is 0 Å². The van der Waals surface area contributed by atoms with Gasteiger partial charge in [0.15, 0.2) is 0 Å². The molecule has 354 valence electrons. The minimum Gasteiger partial charge on any atom is -0.394 e. The van der Waals surface area contributed by atoms with Crippen LogP contribution in [0.1, 0.15) is 264 Å². The van der Waals surface area contributed by atoms with Gasteiger partial charge in [-0.3, -0.25) is 4.79 Å². The maximum Gasteiger partial charge on any atom is 0.220 e. The van der Waals surface area contributed by atoms with E-state index in [2.05, 4.69) is 92.1 Å². The number of nitrogens with one attached hydrogen (secondary N) is 1. The van der Waals surface area contributed by atoms with Crippen LogP contribution in [0.3, 0.4) is 0 Å². The van der Waals surface area contributed by atoms with Crippen LogP contribution in [0.25, 0.3) is 0 Å². The molecule has 0 radical (unpaired) electrons. The minimum atomic E-state index is -0.659. The molecule has 2 atom stereocenters. The fourth-order valence-electron chi connectivity index (χ4n) is 7.95. The van der Waals surface area contributed by atoms with E-state index in [0.717, 1.165) is 64.2 Å². The molecule has 0 aromatic heterocycles. The van der Waals surface area contributed by atoms with Crippen molar-refractivity contribution in [2.45, 2.75) is 276 Å². The Labute approximate surface area is 380 Å². The monoisotopic (exact) mass is 850 g/mol. The first kappa shape index (κ1) is 58.8. The van der Waals surface area contributed by atoms with Crippen LogP contribution in [-0.4, -0.2) is 34.9 Å². The molecule has 0 bridgehead atoms. The molecule has 0 rings (SSSR count). The molecule has 0 aliphatic carbocycles. The first-order valence-corrected chi connectivity index (χ1v) is 26.6. The molecule has 61 heavy (non-hydrogen) atoms. The Hall–Kier alpha value is -2.17. The van der Waals surface area contributed by atoms with Gasteiger partial charge in [-0.15, -0.1) is 0 Å². The standard InChI is InChI=1S/C57H103NO3/c1-3-5-7-9-11-13-15-17-18-19-20-21-22-23-24-25-26-27-28-29-30-31-32-33-34-35-36-37-38-39-40-41-43-45-47-49-51-53-57(61)58-55(54-59)56(60)52-50-48-46-44-42-16-14-12-10-8-6-4-2/h5,7,11,13,17-18,20-21,23-24,26-27,55-56,59-60H,3-4,6,8-10,12,14-16,19,22,25,28-54H2,1-2H3,(H,58,61)/b7-5-,13-11-,18-17-,21-20-,24-23-,27-26-. The lowest BCUT2D eigenvalue weighted by molar-refractivity contribution is -0.123. The van der Waals surface area contributed by atoms with Crippen molar-refractivity contribution in [2.24, 2.45) is 0 Å². The summed E-state index contributed by atoms with van der Waals surface area (Å²) < 4.78 is 0. The fraction of sp³-hybridized carbons (Fsp3) is 0.772. The molecule has 0 saturated heterocycles. The zero-order chi connectivity index (χ0) is 44.2. The summed E-state index contributed by atoms with van der Waals surface area (Å²) in [6, 6.07) is -0.536. The Morgan fingerprint density at radius 2 is 0.721 bits per heavy atom. The van der Waals surface area contributed by atoms with Crippen LogP contribution in [0.15, 0.2) is 72.9 Å². The molecule has 0 aliphatic heterocycles. The predicted octanol–water partition coefficient (Wildman–Crippen LogP) is 17.4. The summed E-state index contributed by atoms with van der Waals surface area (Å²) in [5.74, 6) is -0.0313. The third-order valence-electron chi connectivity index (χ3n) is 12.0. The fourth-order valence-corrected chi connectivity index (χ4v) is 7.95. The molecule has 3 N–H and O–H groups in total. The number of rotatable bonds is 48. The second kappa shape index (κ2) is 52.2. The van der Waals surface area contributed by atoms with Gasteiger partial charge in [0, 0.05) is 6.42 Å². The number of hydrogen-bond donors (Lipinski definition) is 3. The van der Waals surface area contributed by atoms with Gasteiger partial charge in [-0.1, -0.05) is 267 Å². The summed E-state index contributed by atoms with van der Waals surface area (Å²) in [6.07, 6.45) is 74.5. The molecule has 1 amide bonds. The van der Waals surface area contributed by atoms with Crippen molar-refractivity contribution in [1.82, 2.24) is 5.32 Å². The van der Waals surface area contributed by atoms with Crippen LogP contribution in [0.2, 0.25) is 0 Å². The number of carbonyl (C=O) groups excluding carboxylic acids is 1. The van der Waals surface area contributed by atoms with E-state index in [4.69, 9.17) is 0 Å². The normalized spacial score (nSPS) is 13.4. The lowest BCUT2D eigenvalue weighted by Crippen LogP contribution is -2.45. The first-order valence-electron chi connectivity index (χ1n) is 26.6. The van der Waals surface area contributed by atoms with Crippen molar-refractivity contribution in [3.63, 3.8) is 0 Å². The van der Waals surface area contributed by atoms with Gasteiger partial charge in [0.05, 0.1) is 18.8 Å². The van der Waals surface area contributed by atoms with Crippen molar-refractivity contribution < 1.29 is 15.0 Å². The summed E-state index contributed by atoms with van der Waals surface area (Å²) in [5.41, 5.74) is 0. The molecule has 2 unspecified atom stereocenters. The molecule has 0 heterocycles. The van der Waals surface area contributed by atoms with E-state index in [1.54, 1.807) is 0 Å². The maximum atomic E-state index is 12.4. The SMILES string of the molecule is CC/C=C\C/C=C\C/C=C\C/C=C\C/C=C\C/C=C\CCCCCCCCCCCCCCCCCCCCC(=O)NC(CO)C(O)CCCCCCCCCCCCCC. The number of carbonyl (C=O) groups is 1. The quantitative estimate of drug-likeness (QED) is 0.0422. The summed E-state index contributed by atoms with van der Waals surface area (Å²) in [4.78, 5) is 12.4. The maximum absolute atomic E-state index is 12.4.